The summed E-state index contributed by atoms with van der Waals surface area (Å²) in [6.45, 7) is 3.70. The van der Waals surface area contributed by atoms with Crippen molar-refractivity contribution >= 4 is 11.5 Å². The molecule has 0 bridgehead atoms. The lowest BCUT2D eigenvalue weighted by atomic mass is 9.99. The molecular formula is C16H18N4O3. The molecule has 1 aromatic heterocycles. The Morgan fingerprint density at radius 3 is 2.57 bits per heavy atom. The summed E-state index contributed by atoms with van der Waals surface area (Å²) >= 11 is 0. The number of benzene rings is 1. The zero-order valence-electron chi connectivity index (χ0n) is 12.9. The van der Waals surface area contributed by atoms with Crippen LogP contribution in [0.3, 0.4) is 0 Å². The Hall–Kier alpha value is -2.70. The van der Waals surface area contributed by atoms with Crippen molar-refractivity contribution in [3.63, 3.8) is 0 Å². The third-order valence-corrected chi connectivity index (χ3v) is 3.99. The van der Waals surface area contributed by atoms with Crippen LogP contribution in [0.1, 0.15) is 19.8 Å². The fourth-order valence-corrected chi connectivity index (χ4v) is 2.64. The summed E-state index contributed by atoms with van der Waals surface area (Å²) in [4.78, 5) is 21.1. The van der Waals surface area contributed by atoms with Crippen molar-refractivity contribution in [2.45, 2.75) is 19.8 Å². The fourth-order valence-electron chi connectivity index (χ4n) is 2.64. The standard InChI is InChI=1S/C16H18N4O3/c1-12-7-9-19(10-8-12)15-14(20(21)22)16(18-11-17-15)23-13-5-3-2-4-6-13/h2-6,11-12H,7-10H2,1H3. The van der Waals surface area contributed by atoms with E-state index in [2.05, 4.69) is 16.9 Å². The summed E-state index contributed by atoms with van der Waals surface area (Å²) in [7, 11) is 0. The Kier molecular flexibility index (Phi) is 4.36. The Labute approximate surface area is 134 Å². The first-order chi connectivity index (χ1) is 11.1. The van der Waals surface area contributed by atoms with Gasteiger partial charge in [-0.2, -0.15) is 4.98 Å². The Morgan fingerprint density at radius 1 is 1.22 bits per heavy atom. The number of anilines is 1. The number of para-hydroxylation sites is 1. The third-order valence-electron chi connectivity index (χ3n) is 3.99. The van der Waals surface area contributed by atoms with Gasteiger partial charge in [0.1, 0.15) is 12.1 Å². The van der Waals surface area contributed by atoms with Crippen molar-refractivity contribution in [2.24, 2.45) is 5.92 Å². The molecule has 7 heteroatoms. The molecular weight excluding hydrogens is 296 g/mol. The molecule has 0 unspecified atom stereocenters. The van der Waals surface area contributed by atoms with Crippen molar-refractivity contribution in [1.82, 2.24) is 9.97 Å². The van der Waals surface area contributed by atoms with Gasteiger partial charge in [0.05, 0.1) is 4.92 Å². The predicted molar refractivity (Wildman–Crippen MR) is 85.8 cm³/mol. The van der Waals surface area contributed by atoms with Gasteiger partial charge in [0.25, 0.3) is 0 Å². The molecule has 2 heterocycles. The lowest BCUT2D eigenvalue weighted by Gasteiger charge is -2.30. The van der Waals surface area contributed by atoms with E-state index in [4.69, 9.17) is 4.74 Å². The highest BCUT2D eigenvalue weighted by Crippen LogP contribution is 2.37. The molecule has 0 spiro atoms. The average molecular weight is 314 g/mol. The smallest absolute Gasteiger partial charge is 0.373 e. The van der Waals surface area contributed by atoms with Gasteiger partial charge in [-0.1, -0.05) is 25.1 Å². The lowest BCUT2D eigenvalue weighted by Crippen LogP contribution is -2.34. The lowest BCUT2D eigenvalue weighted by molar-refractivity contribution is -0.385. The first-order valence-electron chi connectivity index (χ1n) is 7.62. The topological polar surface area (TPSA) is 81.4 Å². The van der Waals surface area contributed by atoms with Crippen LogP contribution < -0.4 is 9.64 Å². The number of rotatable bonds is 4. The fraction of sp³-hybridized carbons (Fsp3) is 0.375. The van der Waals surface area contributed by atoms with Crippen LogP contribution in [0.5, 0.6) is 11.6 Å². The van der Waals surface area contributed by atoms with Crippen LogP contribution in [-0.2, 0) is 0 Å². The summed E-state index contributed by atoms with van der Waals surface area (Å²) in [5.41, 5.74) is -0.175. The Balaban J connectivity index is 1.94. The van der Waals surface area contributed by atoms with Crippen LogP contribution in [0.15, 0.2) is 36.7 Å². The van der Waals surface area contributed by atoms with E-state index in [-0.39, 0.29) is 11.6 Å². The molecule has 1 aromatic carbocycles. The first-order valence-corrected chi connectivity index (χ1v) is 7.62. The minimum atomic E-state index is -0.467. The van der Waals surface area contributed by atoms with E-state index >= 15 is 0 Å². The molecule has 0 radical (unpaired) electrons. The summed E-state index contributed by atoms with van der Waals surface area (Å²) in [5, 5.41) is 11.6. The van der Waals surface area contributed by atoms with Gasteiger partial charge in [-0.3, -0.25) is 10.1 Å². The van der Waals surface area contributed by atoms with E-state index in [0.717, 1.165) is 25.9 Å². The normalized spacial score (nSPS) is 15.4. The van der Waals surface area contributed by atoms with Gasteiger partial charge in [0.15, 0.2) is 0 Å². The Bertz CT molecular complexity index is 685. The van der Waals surface area contributed by atoms with E-state index < -0.39 is 4.92 Å². The van der Waals surface area contributed by atoms with E-state index in [1.165, 1.54) is 6.33 Å². The summed E-state index contributed by atoms with van der Waals surface area (Å²) < 4.78 is 5.60. The summed E-state index contributed by atoms with van der Waals surface area (Å²) in [6, 6.07) is 8.91. The van der Waals surface area contributed by atoms with Crippen LogP contribution in [0.4, 0.5) is 11.5 Å². The maximum absolute atomic E-state index is 11.6. The van der Waals surface area contributed by atoms with Crippen molar-refractivity contribution < 1.29 is 9.66 Å². The van der Waals surface area contributed by atoms with Crippen molar-refractivity contribution in [1.29, 1.82) is 0 Å². The molecule has 0 aliphatic carbocycles. The van der Waals surface area contributed by atoms with Crippen molar-refractivity contribution in [2.75, 3.05) is 18.0 Å². The molecule has 1 fully saturated rings. The van der Waals surface area contributed by atoms with Crippen molar-refractivity contribution in [3.8, 4) is 11.6 Å². The number of nitro groups is 1. The SMILES string of the molecule is CC1CCN(c2ncnc(Oc3ccccc3)c2[N+](=O)[O-])CC1. The minimum Gasteiger partial charge on any atom is -0.434 e. The van der Waals surface area contributed by atoms with Crippen LogP contribution >= 0.6 is 0 Å². The van der Waals surface area contributed by atoms with Gasteiger partial charge in [-0.05, 0) is 30.9 Å². The monoisotopic (exact) mass is 314 g/mol. The minimum absolute atomic E-state index is 0.0233. The molecule has 7 nitrogen and oxygen atoms in total. The second-order valence-corrected chi connectivity index (χ2v) is 5.69. The number of hydrogen-bond acceptors (Lipinski definition) is 6. The van der Waals surface area contributed by atoms with E-state index in [1.807, 2.05) is 11.0 Å². The highest BCUT2D eigenvalue weighted by Gasteiger charge is 2.30. The van der Waals surface area contributed by atoms with Gasteiger partial charge in [-0.15, -0.1) is 0 Å². The number of ether oxygens (including phenoxy) is 1. The number of aromatic nitrogens is 2. The van der Waals surface area contributed by atoms with Crippen LogP contribution in [-0.4, -0.2) is 28.0 Å². The van der Waals surface area contributed by atoms with Crippen LogP contribution in [0, 0.1) is 16.0 Å². The highest BCUT2D eigenvalue weighted by atomic mass is 16.6. The van der Waals surface area contributed by atoms with Crippen LogP contribution in [0.25, 0.3) is 0 Å². The average Bonchev–Trinajstić information content (AvgIpc) is 2.56. The molecule has 0 saturated carbocycles. The molecule has 0 atom stereocenters. The quantitative estimate of drug-likeness (QED) is 0.635. The number of nitrogens with zero attached hydrogens (tertiary/aromatic N) is 4. The molecule has 1 aliphatic heterocycles. The van der Waals surface area contributed by atoms with Gasteiger partial charge >= 0.3 is 11.6 Å². The molecule has 3 rings (SSSR count). The molecule has 2 aromatic rings. The second kappa shape index (κ2) is 6.60. The van der Waals surface area contributed by atoms with Gasteiger partial charge in [0, 0.05) is 13.1 Å². The maximum Gasteiger partial charge on any atom is 0.373 e. The van der Waals surface area contributed by atoms with Crippen LogP contribution in [0.2, 0.25) is 0 Å². The molecule has 0 amide bonds. The number of hydrogen-bond donors (Lipinski definition) is 0. The molecule has 1 saturated heterocycles. The molecule has 120 valence electrons. The molecule has 1 aliphatic rings. The Morgan fingerprint density at radius 2 is 1.91 bits per heavy atom. The van der Waals surface area contributed by atoms with Crippen molar-refractivity contribution in [3.05, 3.63) is 46.8 Å². The van der Waals surface area contributed by atoms with Gasteiger partial charge in [-0.25, -0.2) is 4.98 Å². The third kappa shape index (κ3) is 3.39. The van der Waals surface area contributed by atoms with E-state index in [0.29, 0.717) is 17.5 Å². The molecule has 0 N–H and O–H groups in total. The van der Waals surface area contributed by atoms with E-state index in [1.54, 1.807) is 24.3 Å². The maximum atomic E-state index is 11.6. The molecule has 23 heavy (non-hydrogen) atoms. The highest BCUT2D eigenvalue weighted by molar-refractivity contribution is 5.63. The summed E-state index contributed by atoms with van der Waals surface area (Å²) in [5.74, 6) is 1.45. The van der Waals surface area contributed by atoms with E-state index in [9.17, 15) is 10.1 Å². The summed E-state index contributed by atoms with van der Waals surface area (Å²) in [6.07, 6.45) is 3.31. The second-order valence-electron chi connectivity index (χ2n) is 5.69. The zero-order chi connectivity index (χ0) is 16.2. The van der Waals surface area contributed by atoms with Gasteiger partial charge < -0.3 is 9.64 Å². The van der Waals surface area contributed by atoms with Gasteiger partial charge in [0.2, 0.25) is 5.82 Å². The predicted octanol–water partition coefficient (Wildman–Crippen LogP) is 3.41. The largest absolute Gasteiger partial charge is 0.434 e. The number of piperidine rings is 1. The first kappa shape index (κ1) is 15.2. The zero-order valence-corrected chi connectivity index (χ0v) is 12.9.